The van der Waals surface area contributed by atoms with Crippen LogP contribution in [0.15, 0.2) is 18.2 Å². The summed E-state index contributed by atoms with van der Waals surface area (Å²) in [4.78, 5) is 14.0. The van der Waals surface area contributed by atoms with E-state index < -0.39 is 0 Å². The van der Waals surface area contributed by atoms with Gasteiger partial charge >= 0.3 is 0 Å². The molecule has 1 amide bonds. The second-order valence-corrected chi connectivity index (χ2v) is 4.81. The predicted octanol–water partition coefficient (Wildman–Crippen LogP) is 1.25. The number of ether oxygens (including phenoxy) is 1. The Kier molecular flexibility index (Phi) is 3.99. The fourth-order valence-electron chi connectivity index (χ4n) is 2.21. The minimum absolute atomic E-state index is 0.00667. The van der Waals surface area contributed by atoms with Crippen LogP contribution in [0, 0.1) is 13.8 Å². The van der Waals surface area contributed by atoms with Crippen molar-refractivity contribution in [1.82, 2.24) is 5.32 Å². The number of rotatable bonds is 2. The molecule has 0 bridgehead atoms. The van der Waals surface area contributed by atoms with Gasteiger partial charge in [-0.1, -0.05) is 6.07 Å². The maximum absolute atomic E-state index is 12.3. The fourth-order valence-corrected chi connectivity index (χ4v) is 2.21. The Bertz CT molecular complexity index is 419. The van der Waals surface area contributed by atoms with Gasteiger partial charge in [0.25, 0.3) is 5.91 Å². The summed E-state index contributed by atoms with van der Waals surface area (Å²) in [5.41, 5.74) is 3.24. The molecule has 0 aliphatic carbocycles. The molecule has 4 heteroatoms. The lowest BCUT2D eigenvalue weighted by Gasteiger charge is -2.27. The number of nitrogens with one attached hydrogen (secondary N) is 1. The molecule has 1 aliphatic rings. The number of amides is 1. The summed E-state index contributed by atoms with van der Waals surface area (Å²) >= 11 is 0. The number of carbonyl (C=O) groups excluding carboxylic acids is 1. The molecular weight excluding hydrogens is 228 g/mol. The van der Waals surface area contributed by atoms with Crippen LogP contribution in [0.4, 0.5) is 5.69 Å². The van der Waals surface area contributed by atoms with Gasteiger partial charge in [-0.15, -0.1) is 0 Å². The number of hydrogen-bond acceptors (Lipinski definition) is 3. The average Bonchev–Trinajstić information content (AvgIpc) is 2.37. The third kappa shape index (κ3) is 2.89. The SMILES string of the molecule is Cc1cc(C)cc(N(C)C(=O)C2CNCCO2)c1. The Labute approximate surface area is 108 Å². The summed E-state index contributed by atoms with van der Waals surface area (Å²) in [6.45, 7) is 6.07. The number of carbonyl (C=O) groups is 1. The molecule has 0 aromatic heterocycles. The number of likely N-dealkylation sites (N-methyl/N-ethyl adjacent to an activating group) is 1. The van der Waals surface area contributed by atoms with Crippen LogP contribution in [-0.4, -0.2) is 38.8 Å². The normalized spacial score (nSPS) is 19.6. The van der Waals surface area contributed by atoms with Gasteiger partial charge in [0.2, 0.25) is 0 Å². The Morgan fingerprint density at radius 1 is 1.33 bits per heavy atom. The van der Waals surface area contributed by atoms with Crippen molar-refractivity contribution in [1.29, 1.82) is 0 Å². The molecule has 1 aromatic carbocycles. The van der Waals surface area contributed by atoms with Gasteiger partial charge in [-0.3, -0.25) is 4.79 Å². The quantitative estimate of drug-likeness (QED) is 0.856. The van der Waals surface area contributed by atoms with Crippen molar-refractivity contribution in [2.75, 3.05) is 31.6 Å². The van der Waals surface area contributed by atoms with Crippen molar-refractivity contribution in [3.63, 3.8) is 0 Å². The highest BCUT2D eigenvalue weighted by molar-refractivity contribution is 5.96. The topological polar surface area (TPSA) is 41.6 Å². The standard InChI is InChI=1S/C14H20N2O2/c1-10-6-11(2)8-12(7-10)16(3)14(17)13-9-15-4-5-18-13/h6-8,13,15H,4-5,9H2,1-3H3. The smallest absolute Gasteiger partial charge is 0.257 e. The van der Waals surface area contributed by atoms with Crippen molar-refractivity contribution in [2.45, 2.75) is 20.0 Å². The van der Waals surface area contributed by atoms with Crippen molar-refractivity contribution in [3.05, 3.63) is 29.3 Å². The minimum atomic E-state index is -0.371. The van der Waals surface area contributed by atoms with E-state index in [9.17, 15) is 4.79 Å². The van der Waals surface area contributed by atoms with E-state index in [0.29, 0.717) is 13.2 Å². The first-order chi connectivity index (χ1) is 8.58. The van der Waals surface area contributed by atoms with Crippen LogP contribution in [0.5, 0.6) is 0 Å². The zero-order chi connectivity index (χ0) is 13.1. The van der Waals surface area contributed by atoms with E-state index in [1.807, 2.05) is 26.0 Å². The highest BCUT2D eigenvalue weighted by Crippen LogP contribution is 2.18. The van der Waals surface area contributed by atoms with Crippen LogP contribution < -0.4 is 10.2 Å². The van der Waals surface area contributed by atoms with E-state index in [1.54, 1.807) is 11.9 Å². The lowest BCUT2D eigenvalue weighted by molar-refractivity contribution is -0.131. The first kappa shape index (κ1) is 13.1. The Hall–Kier alpha value is -1.39. The Morgan fingerprint density at radius 3 is 2.56 bits per heavy atom. The summed E-state index contributed by atoms with van der Waals surface area (Å²) in [6, 6.07) is 6.13. The fraction of sp³-hybridized carbons (Fsp3) is 0.500. The van der Waals surface area contributed by atoms with E-state index in [0.717, 1.165) is 23.4 Å². The predicted molar refractivity (Wildman–Crippen MR) is 71.9 cm³/mol. The third-order valence-electron chi connectivity index (χ3n) is 3.13. The molecule has 1 N–H and O–H groups in total. The van der Waals surface area contributed by atoms with E-state index in [1.165, 1.54) is 0 Å². The van der Waals surface area contributed by atoms with E-state index in [2.05, 4.69) is 11.4 Å². The molecule has 0 radical (unpaired) electrons. The van der Waals surface area contributed by atoms with E-state index >= 15 is 0 Å². The highest BCUT2D eigenvalue weighted by Gasteiger charge is 2.25. The molecule has 0 spiro atoms. The molecule has 1 unspecified atom stereocenters. The van der Waals surface area contributed by atoms with Gasteiger partial charge in [0.05, 0.1) is 6.61 Å². The molecular formula is C14H20N2O2. The monoisotopic (exact) mass is 248 g/mol. The van der Waals surface area contributed by atoms with Gasteiger partial charge in [0.15, 0.2) is 0 Å². The largest absolute Gasteiger partial charge is 0.366 e. The molecule has 1 saturated heterocycles. The maximum Gasteiger partial charge on any atom is 0.257 e. The molecule has 0 saturated carbocycles. The third-order valence-corrected chi connectivity index (χ3v) is 3.13. The first-order valence-corrected chi connectivity index (χ1v) is 6.26. The van der Waals surface area contributed by atoms with Gasteiger partial charge in [-0.2, -0.15) is 0 Å². The van der Waals surface area contributed by atoms with Crippen molar-refractivity contribution in [3.8, 4) is 0 Å². The van der Waals surface area contributed by atoms with Crippen LogP contribution in [0.3, 0.4) is 0 Å². The molecule has 98 valence electrons. The number of benzene rings is 1. The van der Waals surface area contributed by atoms with E-state index in [4.69, 9.17) is 4.74 Å². The number of anilines is 1. The van der Waals surface area contributed by atoms with E-state index in [-0.39, 0.29) is 12.0 Å². The van der Waals surface area contributed by atoms with Crippen LogP contribution >= 0.6 is 0 Å². The Morgan fingerprint density at radius 2 is 2.00 bits per heavy atom. The zero-order valence-corrected chi connectivity index (χ0v) is 11.2. The minimum Gasteiger partial charge on any atom is -0.366 e. The number of aryl methyl sites for hydroxylation is 2. The molecule has 1 fully saturated rings. The van der Waals surface area contributed by atoms with Crippen LogP contribution in [0.25, 0.3) is 0 Å². The average molecular weight is 248 g/mol. The second-order valence-electron chi connectivity index (χ2n) is 4.81. The van der Waals surface area contributed by atoms with Crippen LogP contribution in [0.2, 0.25) is 0 Å². The van der Waals surface area contributed by atoms with Gasteiger partial charge in [0.1, 0.15) is 6.10 Å². The van der Waals surface area contributed by atoms with Crippen molar-refractivity contribution >= 4 is 11.6 Å². The van der Waals surface area contributed by atoms with Gasteiger partial charge < -0.3 is 15.0 Å². The zero-order valence-electron chi connectivity index (χ0n) is 11.2. The maximum atomic E-state index is 12.3. The molecule has 2 rings (SSSR count). The summed E-state index contributed by atoms with van der Waals surface area (Å²) in [7, 11) is 1.80. The second kappa shape index (κ2) is 5.50. The number of nitrogens with zero attached hydrogens (tertiary/aromatic N) is 1. The Balaban J connectivity index is 2.14. The molecule has 1 heterocycles. The molecule has 1 atom stereocenters. The van der Waals surface area contributed by atoms with Gasteiger partial charge in [-0.05, 0) is 37.1 Å². The highest BCUT2D eigenvalue weighted by atomic mass is 16.5. The molecule has 4 nitrogen and oxygen atoms in total. The summed E-state index contributed by atoms with van der Waals surface area (Å²) < 4.78 is 5.49. The molecule has 18 heavy (non-hydrogen) atoms. The molecule has 1 aromatic rings. The summed E-state index contributed by atoms with van der Waals surface area (Å²) in [5.74, 6) is 0.00667. The number of morpholine rings is 1. The van der Waals surface area contributed by atoms with Crippen molar-refractivity contribution < 1.29 is 9.53 Å². The summed E-state index contributed by atoms with van der Waals surface area (Å²) in [5, 5.41) is 3.17. The first-order valence-electron chi connectivity index (χ1n) is 6.26. The number of hydrogen-bond donors (Lipinski definition) is 1. The van der Waals surface area contributed by atoms with Gasteiger partial charge in [-0.25, -0.2) is 0 Å². The lowest BCUT2D eigenvalue weighted by Crippen LogP contribution is -2.48. The van der Waals surface area contributed by atoms with Crippen LogP contribution in [-0.2, 0) is 9.53 Å². The lowest BCUT2D eigenvalue weighted by atomic mass is 10.1. The summed E-state index contributed by atoms with van der Waals surface area (Å²) in [6.07, 6.45) is -0.371. The van der Waals surface area contributed by atoms with Gasteiger partial charge in [0, 0.05) is 25.8 Å². The van der Waals surface area contributed by atoms with Crippen LogP contribution in [0.1, 0.15) is 11.1 Å². The molecule has 1 aliphatic heterocycles. The van der Waals surface area contributed by atoms with Crippen molar-refractivity contribution in [2.24, 2.45) is 0 Å².